The summed E-state index contributed by atoms with van der Waals surface area (Å²) in [4.78, 5) is 15.9. The van der Waals surface area contributed by atoms with Crippen molar-refractivity contribution < 1.29 is 31.1 Å². The van der Waals surface area contributed by atoms with E-state index in [0.29, 0.717) is 37.3 Å². The van der Waals surface area contributed by atoms with E-state index in [-0.39, 0.29) is 19.2 Å². The van der Waals surface area contributed by atoms with E-state index < -0.39 is 35.0 Å². The first-order chi connectivity index (χ1) is 14.5. The molecular formula is C21H17F6N3O. The van der Waals surface area contributed by atoms with Crippen molar-refractivity contribution in [1.82, 2.24) is 9.80 Å². The summed E-state index contributed by atoms with van der Waals surface area (Å²) in [7, 11) is 0. The van der Waals surface area contributed by atoms with Gasteiger partial charge >= 0.3 is 12.4 Å². The van der Waals surface area contributed by atoms with E-state index >= 15 is 0 Å². The molecule has 1 amide bonds. The maximum absolute atomic E-state index is 13.0. The minimum Gasteiger partial charge on any atom is -0.336 e. The first kappa shape index (κ1) is 22.6. The second-order valence-corrected chi connectivity index (χ2v) is 7.17. The topological polar surface area (TPSA) is 47.3 Å². The number of piperazine rings is 1. The van der Waals surface area contributed by atoms with Gasteiger partial charge in [-0.05, 0) is 35.9 Å². The van der Waals surface area contributed by atoms with Crippen LogP contribution < -0.4 is 0 Å². The van der Waals surface area contributed by atoms with Gasteiger partial charge in [0.25, 0.3) is 5.91 Å². The van der Waals surface area contributed by atoms with Crippen molar-refractivity contribution in [3.63, 3.8) is 0 Å². The summed E-state index contributed by atoms with van der Waals surface area (Å²) < 4.78 is 78.2. The molecule has 1 fully saturated rings. The van der Waals surface area contributed by atoms with Crippen LogP contribution in [0.1, 0.15) is 32.6 Å². The third-order valence-corrected chi connectivity index (χ3v) is 4.98. The molecule has 0 aliphatic carbocycles. The first-order valence-electron chi connectivity index (χ1n) is 9.27. The summed E-state index contributed by atoms with van der Waals surface area (Å²) in [5.41, 5.74) is -2.18. The molecule has 3 rings (SSSR count). The third-order valence-electron chi connectivity index (χ3n) is 4.98. The van der Waals surface area contributed by atoms with E-state index in [2.05, 4.69) is 0 Å². The molecule has 0 spiro atoms. The van der Waals surface area contributed by atoms with Gasteiger partial charge in [-0.1, -0.05) is 12.1 Å². The van der Waals surface area contributed by atoms with Crippen LogP contribution in [0.4, 0.5) is 26.3 Å². The fourth-order valence-corrected chi connectivity index (χ4v) is 3.31. The van der Waals surface area contributed by atoms with Crippen LogP contribution in [0.15, 0.2) is 42.5 Å². The molecule has 1 aliphatic heterocycles. The Bertz CT molecular complexity index is 952. The molecule has 0 aromatic heterocycles. The lowest BCUT2D eigenvalue weighted by Crippen LogP contribution is -2.48. The monoisotopic (exact) mass is 441 g/mol. The summed E-state index contributed by atoms with van der Waals surface area (Å²) in [5.74, 6) is -0.866. The largest absolute Gasteiger partial charge is 0.416 e. The molecule has 0 saturated carbocycles. The molecule has 0 unspecified atom stereocenters. The fourth-order valence-electron chi connectivity index (χ4n) is 3.31. The van der Waals surface area contributed by atoms with Gasteiger partial charge in [0, 0.05) is 38.3 Å². The smallest absolute Gasteiger partial charge is 0.336 e. The molecule has 1 heterocycles. The number of carbonyl (C=O) groups excluding carboxylic acids is 1. The normalized spacial score (nSPS) is 15.6. The number of hydrogen-bond donors (Lipinski definition) is 0. The van der Waals surface area contributed by atoms with E-state index in [9.17, 15) is 31.1 Å². The van der Waals surface area contributed by atoms with Gasteiger partial charge in [0.05, 0.1) is 22.8 Å². The van der Waals surface area contributed by atoms with Crippen molar-refractivity contribution in [3.8, 4) is 6.07 Å². The minimum atomic E-state index is -5.00. The number of alkyl halides is 6. The molecule has 0 bridgehead atoms. The van der Waals surface area contributed by atoms with Crippen molar-refractivity contribution in [2.75, 3.05) is 26.2 Å². The van der Waals surface area contributed by atoms with Gasteiger partial charge in [0.15, 0.2) is 0 Å². The number of benzene rings is 2. The van der Waals surface area contributed by atoms with Crippen LogP contribution in [-0.4, -0.2) is 41.9 Å². The fraction of sp³-hybridized carbons (Fsp3) is 0.333. The number of carbonyl (C=O) groups is 1. The highest BCUT2D eigenvalue weighted by atomic mass is 19.4. The Balaban J connectivity index is 1.70. The Hall–Kier alpha value is -3.06. The quantitative estimate of drug-likeness (QED) is 0.657. The molecule has 2 aromatic rings. The van der Waals surface area contributed by atoms with Gasteiger partial charge in [-0.15, -0.1) is 0 Å². The third kappa shape index (κ3) is 5.55. The van der Waals surface area contributed by atoms with Crippen LogP contribution in [0.2, 0.25) is 0 Å². The van der Waals surface area contributed by atoms with E-state index in [0.717, 1.165) is 5.56 Å². The second-order valence-electron chi connectivity index (χ2n) is 7.17. The highest BCUT2D eigenvalue weighted by Gasteiger charge is 2.38. The summed E-state index contributed by atoms with van der Waals surface area (Å²) in [6.45, 7) is 1.72. The lowest BCUT2D eigenvalue weighted by Gasteiger charge is -2.35. The molecule has 0 radical (unpaired) electrons. The standard InChI is InChI=1S/C21H17F6N3O/c22-20(23,24)17-9-16(10-18(11-17)21(25,26)27)19(31)30-7-5-29(6-8-30)13-15-3-1-14(12-28)2-4-15/h1-4,9-11H,5-8,13H2. The van der Waals surface area contributed by atoms with Gasteiger partial charge in [-0.25, -0.2) is 0 Å². The van der Waals surface area contributed by atoms with Gasteiger partial charge in [-0.2, -0.15) is 31.6 Å². The lowest BCUT2D eigenvalue weighted by molar-refractivity contribution is -0.143. The summed E-state index contributed by atoms with van der Waals surface area (Å²) in [6.07, 6.45) is -10.0. The summed E-state index contributed by atoms with van der Waals surface area (Å²) in [5, 5.41) is 8.83. The zero-order valence-electron chi connectivity index (χ0n) is 16.1. The summed E-state index contributed by atoms with van der Waals surface area (Å²) >= 11 is 0. The minimum absolute atomic E-state index is 0.00625. The highest BCUT2D eigenvalue weighted by molar-refractivity contribution is 5.94. The Labute approximate surface area is 174 Å². The molecular weight excluding hydrogens is 424 g/mol. The average molecular weight is 441 g/mol. The zero-order valence-corrected chi connectivity index (χ0v) is 16.1. The number of nitrogens with zero attached hydrogens (tertiary/aromatic N) is 3. The Morgan fingerprint density at radius 2 is 1.39 bits per heavy atom. The van der Waals surface area contributed by atoms with E-state index in [4.69, 9.17) is 5.26 Å². The highest BCUT2D eigenvalue weighted by Crippen LogP contribution is 2.36. The van der Waals surface area contributed by atoms with Crippen molar-refractivity contribution in [2.45, 2.75) is 18.9 Å². The molecule has 31 heavy (non-hydrogen) atoms. The van der Waals surface area contributed by atoms with Crippen molar-refractivity contribution >= 4 is 5.91 Å². The number of hydrogen-bond acceptors (Lipinski definition) is 3. The predicted molar refractivity (Wildman–Crippen MR) is 98.8 cm³/mol. The Morgan fingerprint density at radius 1 is 0.871 bits per heavy atom. The van der Waals surface area contributed by atoms with Gasteiger partial charge in [-0.3, -0.25) is 9.69 Å². The molecule has 0 N–H and O–H groups in total. The average Bonchev–Trinajstić information content (AvgIpc) is 2.73. The van der Waals surface area contributed by atoms with E-state index in [1.807, 2.05) is 11.0 Å². The van der Waals surface area contributed by atoms with Crippen LogP contribution in [0.25, 0.3) is 0 Å². The molecule has 10 heteroatoms. The molecule has 164 valence electrons. The Kier molecular flexibility index (Phi) is 6.27. The van der Waals surface area contributed by atoms with Gasteiger partial charge in [0.1, 0.15) is 0 Å². The maximum atomic E-state index is 13.0. The number of halogens is 6. The molecule has 2 aromatic carbocycles. The number of rotatable bonds is 3. The van der Waals surface area contributed by atoms with Crippen LogP contribution >= 0.6 is 0 Å². The molecule has 1 aliphatic rings. The lowest BCUT2D eigenvalue weighted by atomic mass is 10.0. The van der Waals surface area contributed by atoms with Crippen molar-refractivity contribution in [3.05, 3.63) is 70.3 Å². The van der Waals surface area contributed by atoms with E-state index in [1.54, 1.807) is 24.3 Å². The molecule has 1 saturated heterocycles. The first-order valence-corrected chi connectivity index (χ1v) is 9.27. The van der Waals surface area contributed by atoms with Crippen LogP contribution in [0.3, 0.4) is 0 Å². The second kappa shape index (κ2) is 8.59. The molecule has 0 atom stereocenters. The van der Waals surface area contributed by atoms with Crippen LogP contribution in [-0.2, 0) is 18.9 Å². The zero-order chi connectivity index (χ0) is 22.8. The van der Waals surface area contributed by atoms with Gasteiger partial charge in [0.2, 0.25) is 0 Å². The van der Waals surface area contributed by atoms with Crippen LogP contribution in [0.5, 0.6) is 0 Å². The van der Waals surface area contributed by atoms with Crippen molar-refractivity contribution in [1.29, 1.82) is 5.26 Å². The maximum Gasteiger partial charge on any atom is 0.416 e. The van der Waals surface area contributed by atoms with Crippen LogP contribution in [0, 0.1) is 11.3 Å². The SMILES string of the molecule is N#Cc1ccc(CN2CCN(C(=O)c3cc(C(F)(F)F)cc(C(F)(F)F)c3)CC2)cc1. The number of amides is 1. The molecule has 4 nitrogen and oxygen atoms in total. The van der Waals surface area contributed by atoms with Gasteiger partial charge < -0.3 is 4.90 Å². The predicted octanol–water partition coefficient (Wildman–Crippen LogP) is 4.55. The number of nitriles is 1. The van der Waals surface area contributed by atoms with Crippen molar-refractivity contribution in [2.24, 2.45) is 0 Å². The van der Waals surface area contributed by atoms with E-state index in [1.165, 1.54) is 4.90 Å². The Morgan fingerprint density at radius 3 is 1.84 bits per heavy atom. The summed E-state index contributed by atoms with van der Waals surface area (Å²) in [6, 6.07) is 9.91.